The summed E-state index contributed by atoms with van der Waals surface area (Å²) in [6.45, 7) is 6.24. The molecule has 0 unspecified atom stereocenters. The Morgan fingerprint density at radius 2 is 1.85 bits per heavy atom. The first-order valence-corrected chi connectivity index (χ1v) is 10.3. The molecular formula is C19H25ClN6O. The van der Waals surface area contributed by atoms with Gasteiger partial charge in [0.2, 0.25) is 5.95 Å². The molecule has 2 aromatic rings. The van der Waals surface area contributed by atoms with Crippen molar-refractivity contribution in [1.82, 2.24) is 19.4 Å². The number of rotatable bonds is 2. The first-order chi connectivity index (χ1) is 13.1. The van der Waals surface area contributed by atoms with Crippen molar-refractivity contribution in [3.05, 3.63) is 11.2 Å². The number of nitrogens with zero attached hydrogens (tertiary/aromatic N) is 6. The maximum Gasteiger partial charge on any atom is 0.206 e. The highest BCUT2D eigenvalue weighted by molar-refractivity contribution is 6.30. The summed E-state index contributed by atoms with van der Waals surface area (Å²) in [6.07, 6.45) is 1.40. The molecule has 4 fully saturated rings. The van der Waals surface area contributed by atoms with Crippen molar-refractivity contribution >= 4 is 34.4 Å². The molecule has 4 atom stereocenters. The van der Waals surface area contributed by atoms with Gasteiger partial charge in [-0.15, -0.1) is 0 Å². The van der Waals surface area contributed by atoms with E-state index in [9.17, 15) is 0 Å². The van der Waals surface area contributed by atoms with E-state index in [2.05, 4.69) is 38.3 Å². The molecule has 0 aromatic carbocycles. The van der Waals surface area contributed by atoms with Crippen LogP contribution in [-0.2, 0) is 11.8 Å². The summed E-state index contributed by atoms with van der Waals surface area (Å²) in [5, 5.41) is 0.538. The van der Waals surface area contributed by atoms with Gasteiger partial charge in [0, 0.05) is 45.8 Å². The molecule has 2 bridgehead atoms. The van der Waals surface area contributed by atoms with E-state index in [-0.39, 0.29) is 0 Å². The van der Waals surface area contributed by atoms with Crippen LogP contribution in [0.2, 0.25) is 5.15 Å². The second kappa shape index (κ2) is 5.72. The van der Waals surface area contributed by atoms with Gasteiger partial charge in [0.05, 0.1) is 24.3 Å². The number of fused-ring (bicyclic) bond motifs is 4. The van der Waals surface area contributed by atoms with E-state index in [1.807, 2.05) is 6.07 Å². The van der Waals surface area contributed by atoms with Crippen LogP contribution >= 0.6 is 11.6 Å². The van der Waals surface area contributed by atoms with Crippen molar-refractivity contribution in [2.75, 3.05) is 56.2 Å². The fraction of sp³-hybridized carbons (Fsp3) is 0.684. The molecule has 0 aliphatic carbocycles. The van der Waals surface area contributed by atoms with Crippen LogP contribution in [0.5, 0.6) is 0 Å². The number of hydrogen-bond acceptors (Lipinski definition) is 6. The summed E-state index contributed by atoms with van der Waals surface area (Å²) < 4.78 is 7.96. The molecule has 144 valence electrons. The molecule has 8 heteroatoms. The van der Waals surface area contributed by atoms with Gasteiger partial charge in [-0.2, -0.15) is 0 Å². The minimum Gasteiger partial charge on any atom is -0.374 e. The Morgan fingerprint density at radius 1 is 1.07 bits per heavy atom. The Morgan fingerprint density at radius 3 is 2.52 bits per heavy atom. The van der Waals surface area contributed by atoms with Crippen LogP contribution in [-0.4, -0.2) is 78.0 Å². The molecule has 0 radical (unpaired) electrons. The van der Waals surface area contributed by atoms with Crippen LogP contribution in [0.1, 0.15) is 6.42 Å². The summed E-state index contributed by atoms with van der Waals surface area (Å²) in [6, 6.07) is 2.35. The highest BCUT2D eigenvalue weighted by Crippen LogP contribution is 2.39. The average molecular weight is 389 g/mol. The van der Waals surface area contributed by atoms with Gasteiger partial charge >= 0.3 is 0 Å². The summed E-state index contributed by atoms with van der Waals surface area (Å²) in [7, 11) is 4.33. The number of likely N-dealkylation sites (tertiary alicyclic amines) is 1. The van der Waals surface area contributed by atoms with E-state index in [0.717, 1.165) is 67.3 Å². The fourth-order valence-electron chi connectivity index (χ4n) is 5.66. The maximum absolute atomic E-state index is 6.41. The van der Waals surface area contributed by atoms with Gasteiger partial charge in [-0.1, -0.05) is 11.6 Å². The molecule has 0 amide bonds. The lowest BCUT2D eigenvalue weighted by Crippen LogP contribution is -2.37. The lowest BCUT2D eigenvalue weighted by molar-refractivity contribution is 0.0990. The number of hydrogen-bond donors (Lipinski definition) is 0. The first-order valence-electron chi connectivity index (χ1n) is 9.91. The third-order valence-electron chi connectivity index (χ3n) is 6.92. The Hall–Kier alpha value is -1.57. The number of ether oxygens (including phenoxy) is 1. The quantitative estimate of drug-likeness (QED) is 0.728. The van der Waals surface area contributed by atoms with Crippen LogP contribution in [0.4, 0.5) is 11.8 Å². The summed E-state index contributed by atoms with van der Waals surface area (Å²) in [5.41, 5.74) is 2.04. The monoisotopic (exact) mass is 388 g/mol. The van der Waals surface area contributed by atoms with Crippen LogP contribution in [0.15, 0.2) is 6.07 Å². The molecule has 4 saturated heterocycles. The molecule has 6 heterocycles. The number of aromatic nitrogens is 3. The van der Waals surface area contributed by atoms with E-state index in [1.54, 1.807) is 0 Å². The molecule has 0 N–H and O–H groups in total. The minimum atomic E-state index is 0.323. The number of aryl methyl sites for hydroxylation is 1. The molecule has 4 aliphatic heterocycles. The van der Waals surface area contributed by atoms with E-state index < -0.39 is 0 Å². The molecular weight excluding hydrogens is 364 g/mol. The van der Waals surface area contributed by atoms with E-state index in [1.165, 1.54) is 13.1 Å². The van der Waals surface area contributed by atoms with Gasteiger partial charge in [0.25, 0.3) is 0 Å². The predicted octanol–water partition coefficient (Wildman–Crippen LogP) is 1.60. The average Bonchev–Trinajstić information content (AvgIpc) is 3.41. The number of imidazole rings is 1. The molecule has 4 aliphatic rings. The molecule has 2 aromatic heterocycles. The van der Waals surface area contributed by atoms with Crippen molar-refractivity contribution in [3.63, 3.8) is 0 Å². The SMILES string of the molecule is CN1C[C@@H]2CN(c3nc4c(N5C[C@H]6C[C@@H]5CO6)nc(Cl)cc4n3C)C[C@@H]2C1. The van der Waals surface area contributed by atoms with Crippen LogP contribution in [0.3, 0.4) is 0 Å². The smallest absolute Gasteiger partial charge is 0.206 e. The lowest BCUT2D eigenvalue weighted by Gasteiger charge is -2.28. The number of anilines is 2. The Balaban J connectivity index is 1.40. The van der Waals surface area contributed by atoms with Gasteiger partial charge in [0.1, 0.15) is 10.7 Å². The van der Waals surface area contributed by atoms with E-state index >= 15 is 0 Å². The fourth-order valence-corrected chi connectivity index (χ4v) is 5.84. The topological polar surface area (TPSA) is 49.7 Å². The van der Waals surface area contributed by atoms with Crippen molar-refractivity contribution < 1.29 is 4.74 Å². The van der Waals surface area contributed by atoms with Gasteiger partial charge in [0.15, 0.2) is 5.82 Å². The van der Waals surface area contributed by atoms with Crippen LogP contribution in [0, 0.1) is 11.8 Å². The first kappa shape index (κ1) is 16.4. The zero-order valence-corrected chi connectivity index (χ0v) is 16.6. The third-order valence-corrected chi connectivity index (χ3v) is 7.11. The Kier molecular flexibility index (Phi) is 3.47. The summed E-state index contributed by atoms with van der Waals surface area (Å²) in [4.78, 5) is 17.0. The molecule has 27 heavy (non-hydrogen) atoms. The van der Waals surface area contributed by atoms with Gasteiger partial charge in [-0.05, 0) is 25.3 Å². The van der Waals surface area contributed by atoms with Crippen molar-refractivity contribution in [1.29, 1.82) is 0 Å². The minimum absolute atomic E-state index is 0.323. The highest BCUT2D eigenvalue weighted by atomic mass is 35.5. The molecule has 0 spiro atoms. The van der Waals surface area contributed by atoms with Gasteiger partial charge in [-0.25, -0.2) is 9.97 Å². The number of pyridine rings is 1. The van der Waals surface area contributed by atoms with Gasteiger partial charge < -0.3 is 24.0 Å². The van der Waals surface area contributed by atoms with Gasteiger partial charge in [-0.3, -0.25) is 0 Å². The van der Waals surface area contributed by atoms with E-state index in [4.69, 9.17) is 21.3 Å². The maximum atomic E-state index is 6.41. The van der Waals surface area contributed by atoms with E-state index in [0.29, 0.717) is 17.3 Å². The Bertz CT molecular complexity index is 901. The van der Waals surface area contributed by atoms with Crippen molar-refractivity contribution in [2.24, 2.45) is 18.9 Å². The molecule has 0 saturated carbocycles. The molecule has 6 rings (SSSR count). The zero-order valence-electron chi connectivity index (χ0n) is 15.8. The van der Waals surface area contributed by atoms with Crippen LogP contribution in [0.25, 0.3) is 11.0 Å². The normalized spacial score (nSPS) is 33.0. The lowest BCUT2D eigenvalue weighted by atomic mass is 10.0. The Labute approximate surface area is 163 Å². The number of morpholine rings is 1. The van der Waals surface area contributed by atoms with Crippen LogP contribution < -0.4 is 9.80 Å². The predicted molar refractivity (Wildman–Crippen MR) is 106 cm³/mol. The summed E-state index contributed by atoms with van der Waals surface area (Å²) >= 11 is 6.41. The second-order valence-corrected chi connectivity index (χ2v) is 9.14. The third kappa shape index (κ3) is 2.41. The largest absolute Gasteiger partial charge is 0.374 e. The zero-order chi connectivity index (χ0) is 18.3. The highest BCUT2D eigenvalue weighted by Gasteiger charge is 2.42. The van der Waals surface area contributed by atoms with Crippen molar-refractivity contribution in [3.8, 4) is 0 Å². The second-order valence-electron chi connectivity index (χ2n) is 8.75. The van der Waals surface area contributed by atoms with Crippen molar-refractivity contribution in [2.45, 2.75) is 18.6 Å². The molecule has 7 nitrogen and oxygen atoms in total. The number of halogens is 1. The standard InChI is InChI=1S/C19H25ClN6O/c1-23-5-11-7-25(8-12(11)6-23)19-22-17-15(24(19)2)4-16(20)21-18(17)26-9-14-3-13(26)10-27-14/h4,11-14H,3,5-10H2,1-2H3/t11-,12+,13-,14-/m1/s1. The summed E-state index contributed by atoms with van der Waals surface area (Å²) in [5.74, 6) is 3.48.